The first kappa shape index (κ1) is 31.9. The first-order chi connectivity index (χ1) is 22.7. The van der Waals surface area contributed by atoms with E-state index in [9.17, 15) is 24.8 Å². The molecule has 0 bridgehead atoms. The molecule has 0 aliphatic carbocycles. The number of carbonyl (C=O) groups is 2. The minimum atomic E-state index is -1.20. The number of hydrogen-bond donors (Lipinski definition) is 1. The summed E-state index contributed by atoms with van der Waals surface area (Å²) in [6, 6.07) is 26.1. The Kier molecular flexibility index (Phi) is 9.34. The van der Waals surface area contributed by atoms with Gasteiger partial charge in [-0.15, -0.1) is 10.2 Å². The maximum Gasteiger partial charge on any atom is 0.301 e. The molecule has 1 N–H and O–H groups in total. The summed E-state index contributed by atoms with van der Waals surface area (Å²) in [6.45, 7) is 2.34. The number of halogens is 1. The second-order valence-corrected chi connectivity index (χ2v) is 13.1. The van der Waals surface area contributed by atoms with E-state index in [-0.39, 0.29) is 27.5 Å². The van der Waals surface area contributed by atoms with Crippen molar-refractivity contribution >= 4 is 63.0 Å². The van der Waals surface area contributed by atoms with Gasteiger partial charge in [-0.3, -0.25) is 24.6 Å². The normalized spacial score (nSPS) is 15.6. The van der Waals surface area contributed by atoms with Crippen molar-refractivity contribution in [3.63, 3.8) is 0 Å². The van der Waals surface area contributed by atoms with E-state index < -0.39 is 28.4 Å². The van der Waals surface area contributed by atoms with Gasteiger partial charge in [0.25, 0.3) is 11.5 Å². The third-order valence-corrected chi connectivity index (χ3v) is 9.88. The van der Waals surface area contributed by atoms with Crippen LogP contribution < -0.4 is 9.64 Å². The van der Waals surface area contributed by atoms with Crippen LogP contribution >= 0.6 is 34.7 Å². The van der Waals surface area contributed by atoms with Crippen molar-refractivity contribution in [2.24, 2.45) is 0 Å². The van der Waals surface area contributed by atoms with E-state index in [4.69, 9.17) is 16.3 Å². The fraction of sp³-hybridized carbons (Fsp3) is 0.118. The Morgan fingerprint density at radius 3 is 2.49 bits per heavy atom. The van der Waals surface area contributed by atoms with Gasteiger partial charge in [0.1, 0.15) is 18.1 Å². The van der Waals surface area contributed by atoms with Gasteiger partial charge in [-0.05, 0) is 65.6 Å². The molecule has 0 radical (unpaired) electrons. The van der Waals surface area contributed by atoms with Crippen LogP contribution in [0.2, 0.25) is 5.02 Å². The van der Waals surface area contributed by atoms with Gasteiger partial charge in [0.15, 0.2) is 4.34 Å². The zero-order chi connectivity index (χ0) is 33.1. The van der Waals surface area contributed by atoms with Crippen molar-refractivity contribution in [1.29, 1.82) is 0 Å². The Morgan fingerprint density at radius 2 is 1.77 bits per heavy atom. The average Bonchev–Trinajstić information content (AvgIpc) is 3.65. The Hall–Kier alpha value is -5.04. The molecule has 0 spiro atoms. The molecule has 1 aliphatic heterocycles. The van der Waals surface area contributed by atoms with Crippen molar-refractivity contribution in [2.75, 3.05) is 4.90 Å². The van der Waals surface area contributed by atoms with Crippen LogP contribution in [0.15, 0.2) is 107 Å². The standard InChI is InChI=1S/C34H25ClN4O6S2/c1-20-5-2-3-6-24(20)18-45-27-15-11-22(12-16-27)30(40)28-29(23-7-4-8-26(17-23)39(43)44)38(32(42)31(28)41)33-36-37-34(47-33)46-19-21-9-13-25(35)14-10-21/h2-17,29,40H,18-19H2,1H3/b30-28+. The number of nitrogens with zero attached hydrogens (tertiary/aromatic N) is 4. The maximum atomic E-state index is 13.6. The van der Waals surface area contributed by atoms with Gasteiger partial charge in [0.2, 0.25) is 5.13 Å². The molecule has 4 aromatic carbocycles. The number of aliphatic hydroxyl groups excluding tert-OH is 1. The molecule has 6 rings (SSSR count). The number of aromatic nitrogens is 2. The smallest absolute Gasteiger partial charge is 0.301 e. The minimum absolute atomic E-state index is 0.112. The second kappa shape index (κ2) is 13.8. The van der Waals surface area contributed by atoms with Crippen LogP contribution in [0.4, 0.5) is 10.8 Å². The highest BCUT2D eigenvalue weighted by molar-refractivity contribution is 8.00. The van der Waals surface area contributed by atoms with Gasteiger partial charge in [-0.1, -0.05) is 83.2 Å². The molecule has 5 aromatic rings. The number of non-ortho nitro benzene ring substituents is 1. The number of thioether (sulfide) groups is 1. The highest BCUT2D eigenvalue weighted by Gasteiger charge is 2.48. The molecule has 1 aromatic heterocycles. The molecular weight excluding hydrogens is 660 g/mol. The number of rotatable bonds is 10. The monoisotopic (exact) mass is 684 g/mol. The van der Waals surface area contributed by atoms with E-state index in [0.717, 1.165) is 32.9 Å². The summed E-state index contributed by atoms with van der Waals surface area (Å²) in [5.74, 6) is -1.23. The zero-order valence-electron chi connectivity index (χ0n) is 24.7. The number of nitro groups is 1. The predicted octanol–water partition coefficient (Wildman–Crippen LogP) is 7.91. The predicted molar refractivity (Wildman–Crippen MR) is 181 cm³/mol. The van der Waals surface area contributed by atoms with Crippen molar-refractivity contribution < 1.29 is 24.4 Å². The summed E-state index contributed by atoms with van der Waals surface area (Å²) < 4.78 is 6.45. The Morgan fingerprint density at radius 1 is 1.02 bits per heavy atom. The highest BCUT2D eigenvalue weighted by atomic mass is 35.5. The summed E-state index contributed by atoms with van der Waals surface area (Å²) in [5.41, 5.74) is 3.17. The minimum Gasteiger partial charge on any atom is -0.507 e. The van der Waals surface area contributed by atoms with Crippen LogP contribution in [-0.2, 0) is 21.9 Å². The molecule has 47 heavy (non-hydrogen) atoms. The van der Waals surface area contributed by atoms with Gasteiger partial charge in [-0.2, -0.15) is 0 Å². The fourth-order valence-corrected chi connectivity index (χ4v) is 6.98. The molecule has 13 heteroatoms. The van der Waals surface area contributed by atoms with Gasteiger partial charge < -0.3 is 9.84 Å². The van der Waals surface area contributed by atoms with Gasteiger partial charge in [0, 0.05) is 28.5 Å². The number of Topliss-reactive ketones (excluding diaryl/α,β-unsaturated/α-hetero) is 1. The van der Waals surface area contributed by atoms with E-state index in [2.05, 4.69) is 10.2 Å². The molecule has 236 valence electrons. The third-order valence-electron chi connectivity index (χ3n) is 7.50. The van der Waals surface area contributed by atoms with Crippen molar-refractivity contribution in [3.05, 3.63) is 146 Å². The topological polar surface area (TPSA) is 136 Å². The molecule has 0 saturated carbocycles. The van der Waals surface area contributed by atoms with Crippen LogP contribution in [0.5, 0.6) is 5.75 Å². The first-order valence-corrected chi connectivity index (χ1v) is 16.4. The van der Waals surface area contributed by atoms with Crippen molar-refractivity contribution in [2.45, 2.75) is 29.7 Å². The van der Waals surface area contributed by atoms with Crippen LogP contribution in [0.3, 0.4) is 0 Å². The lowest BCUT2D eigenvalue weighted by atomic mass is 9.95. The maximum absolute atomic E-state index is 13.6. The molecule has 1 aliphatic rings. The van der Waals surface area contributed by atoms with Crippen LogP contribution in [-0.4, -0.2) is 31.9 Å². The lowest BCUT2D eigenvalue weighted by Gasteiger charge is -2.22. The summed E-state index contributed by atoms with van der Waals surface area (Å²) in [7, 11) is 0. The molecular formula is C34H25ClN4O6S2. The number of carbonyl (C=O) groups excluding carboxylic acids is 2. The molecule has 1 saturated heterocycles. The van der Waals surface area contributed by atoms with E-state index in [0.29, 0.717) is 27.5 Å². The van der Waals surface area contributed by atoms with Gasteiger partial charge >= 0.3 is 5.91 Å². The summed E-state index contributed by atoms with van der Waals surface area (Å²) >= 11 is 8.47. The zero-order valence-corrected chi connectivity index (χ0v) is 27.1. The van der Waals surface area contributed by atoms with Gasteiger partial charge in [0.05, 0.1) is 16.5 Å². The number of ether oxygens (including phenoxy) is 1. The lowest BCUT2D eigenvalue weighted by molar-refractivity contribution is -0.384. The number of aliphatic hydroxyl groups is 1. The molecule has 1 fully saturated rings. The van der Waals surface area contributed by atoms with Crippen LogP contribution in [0, 0.1) is 17.0 Å². The SMILES string of the molecule is Cc1ccccc1COc1ccc(/C(O)=C2\C(=O)C(=O)N(c3nnc(SCc4ccc(Cl)cc4)s3)C2c2cccc([N+](=O)[O-])c2)cc1. The number of aryl methyl sites for hydroxylation is 1. The second-order valence-electron chi connectivity index (χ2n) is 10.5. The lowest BCUT2D eigenvalue weighted by Crippen LogP contribution is -2.29. The largest absolute Gasteiger partial charge is 0.507 e. The summed E-state index contributed by atoms with van der Waals surface area (Å²) in [6.07, 6.45) is 0. The van der Waals surface area contributed by atoms with Crippen molar-refractivity contribution in [3.8, 4) is 5.75 Å². The number of nitro benzene ring substituents is 1. The van der Waals surface area contributed by atoms with E-state index in [1.54, 1.807) is 42.5 Å². The Labute approximate surface area is 282 Å². The first-order valence-electron chi connectivity index (χ1n) is 14.2. The summed E-state index contributed by atoms with van der Waals surface area (Å²) in [5, 5.41) is 32.3. The Bertz CT molecular complexity index is 2010. The number of amides is 1. The number of anilines is 1. The van der Waals surface area contributed by atoms with Crippen molar-refractivity contribution in [1.82, 2.24) is 10.2 Å². The number of ketones is 1. The fourth-order valence-electron chi connectivity index (χ4n) is 5.04. The average molecular weight is 685 g/mol. The summed E-state index contributed by atoms with van der Waals surface area (Å²) in [4.78, 5) is 39.4. The van der Waals surface area contributed by atoms with Gasteiger partial charge in [-0.25, -0.2) is 0 Å². The van der Waals surface area contributed by atoms with Crippen LogP contribution in [0.25, 0.3) is 5.76 Å². The van der Waals surface area contributed by atoms with E-state index in [1.165, 1.54) is 30.0 Å². The highest BCUT2D eigenvalue weighted by Crippen LogP contribution is 2.44. The molecule has 1 atom stereocenters. The van der Waals surface area contributed by atoms with E-state index in [1.807, 2.05) is 43.3 Å². The molecule has 1 unspecified atom stereocenters. The Balaban J connectivity index is 1.33. The third kappa shape index (κ3) is 6.89. The van der Waals surface area contributed by atoms with Crippen LogP contribution in [0.1, 0.15) is 33.9 Å². The molecule has 2 heterocycles. The molecule has 1 amide bonds. The quantitative estimate of drug-likeness (QED) is 0.0296. The number of benzene rings is 4. The molecule has 10 nitrogen and oxygen atoms in total. The van der Waals surface area contributed by atoms with E-state index >= 15 is 0 Å². The number of hydrogen-bond acceptors (Lipinski definition) is 10.